The lowest BCUT2D eigenvalue weighted by Gasteiger charge is -2.56. The van der Waals surface area contributed by atoms with Gasteiger partial charge in [-0.15, -0.1) is 0 Å². The first-order valence-electron chi connectivity index (χ1n) is 14.3. The van der Waals surface area contributed by atoms with E-state index in [4.69, 9.17) is 5.73 Å². The van der Waals surface area contributed by atoms with Crippen molar-refractivity contribution in [2.45, 2.75) is 75.5 Å². The molecule has 6 rings (SSSR count). The summed E-state index contributed by atoms with van der Waals surface area (Å²) in [5.41, 5.74) is 6.19. The van der Waals surface area contributed by atoms with E-state index in [2.05, 4.69) is 0 Å². The molecule has 0 bridgehead atoms. The van der Waals surface area contributed by atoms with Crippen molar-refractivity contribution in [3.63, 3.8) is 0 Å². The minimum absolute atomic E-state index is 0.0387. The molecule has 4 nitrogen and oxygen atoms in total. The fourth-order valence-corrected chi connectivity index (χ4v) is 8.45. The van der Waals surface area contributed by atoms with Crippen molar-refractivity contribution in [2.24, 2.45) is 23.0 Å². The van der Waals surface area contributed by atoms with E-state index in [9.17, 15) is 27.9 Å². The Labute approximate surface area is 240 Å². The largest absolute Gasteiger partial charge is 0.456 e. The van der Waals surface area contributed by atoms with Crippen LogP contribution in [0.3, 0.4) is 0 Å². The average molecular weight is 586 g/mol. The molecule has 222 valence electrons. The van der Waals surface area contributed by atoms with Crippen LogP contribution >= 0.6 is 0 Å². The average Bonchev–Trinajstić information content (AvgIpc) is 3.23. The molecule has 2 aromatic rings. The van der Waals surface area contributed by atoms with Crippen molar-refractivity contribution in [3.05, 3.63) is 82.5 Å². The number of hydrogen-bond donors (Lipinski definition) is 2. The molecule has 3 N–H and O–H groups in total. The molecule has 1 amide bonds. The van der Waals surface area contributed by atoms with Gasteiger partial charge in [-0.25, -0.2) is 0 Å². The van der Waals surface area contributed by atoms with E-state index in [0.29, 0.717) is 31.2 Å². The third-order valence-corrected chi connectivity index (χ3v) is 10.6. The van der Waals surface area contributed by atoms with E-state index in [1.54, 1.807) is 30.3 Å². The van der Waals surface area contributed by atoms with Gasteiger partial charge in [-0.2, -0.15) is 22.0 Å². The predicted molar refractivity (Wildman–Crippen MR) is 147 cm³/mol. The van der Waals surface area contributed by atoms with Gasteiger partial charge in [-0.05, 0) is 96.4 Å². The van der Waals surface area contributed by atoms with E-state index in [0.717, 1.165) is 33.4 Å². The van der Waals surface area contributed by atoms with Crippen LogP contribution in [0, 0.1) is 17.3 Å². The monoisotopic (exact) mass is 585 g/mol. The summed E-state index contributed by atoms with van der Waals surface area (Å²) in [4.78, 5) is 23.7. The van der Waals surface area contributed by atoms with Gasteiger partial charge in [-0.3, -0.25) is 9.59 Å². The Kier molecular flexibility index (Phi) is 6.57. The van der Waals surface area contributed by atoms with Crippen LogP contribution in [0.1, 0.15) is 73.7 Å². The number of ketones is 1. The standard InChI is InChI=1S/C33H32F5NO3/c1-30-17-26(20-6-2-18(3-7-20)19-4-8-21(9-5-19)29(39)41)28-24-13-11-23(40)16-22(24)10-12-25(28)27(30)14-15-31(30,42)32(34,35)33(36,37)38/h2-9,16,25-27,42H,10-15,17H2,1H3,(H2,39,41)/t25?,26?,27-,30?,31-/m0/s1. The van der Waals surface area contributed by atoms with Crippen LogP contribution in [-0.2, 0) is 4.79 Å². The Balaban J connectivity index is 1.46. The maximum absolute atomic E-state index is 15.2. The summed E-state index contributed by atoms with van der Waals surface area (Å²) in [7, 11) is 0. The highest BCUT2D eigenvalue weighted by Crippen LogP contribution is 2.70. The van der Waals surface area contributed by atoms with Gasteiger partial charge in [0, 0.05) is 23.3 Å². The predicted octanol–water partition coefficient (Wildman–Crippen LogP) is 7.28. The first kappa shape index (κ1) is 28.8. The number of aliphatic hydroxyl groups is 1. The Hall–Kier alpha value is -3.33. The van der Waals surface area contributed by atoms with Crippen LogP contribution < -0.4 is 5.73 Å². The topological polar surface area (TPSA) is 80.4 Å². The number of benzene rings is 2. The molecule has 0 radical (unpaired) electrons. The Morgan fingerprint density at radius 2 is 1.55 bits per heavy atom. The zero-order valence-corrected chi connectivity index (χ0v) is 23.1. The molecule has 3 unspecified atom stereocenters. The second-order valence-electron chi connectivity index (χ2n) is 12.5. The Morgan fingerprint density at radius 3 is 2.14 bits per heavy atom. The van der Waals surface area contributed by atoms with Crippen molar-refractivity contribution in [2.75, 3.05) is 0 Å². The number of alkyl halides is 5. The second-order valence-corrected chi connectivity index (χ2v) is 12.5. The molecule has 4 aliphatic carbocycles. The number of carbonyl (C=O) groups is 2. The first-order chi connectivity index (χ1) is 19.7. The maximum Gasteiger partial charge on any atom is 0.456 e. The normalized spacial score (nSPS) is 31.3. The van der Waals surface area contributed by atoms with Crippen LogP contribution in [0.4, 0.5) is 22.0 Å². The van der Waals surface area contributed by atoms with Crippen molar-refractivity contribution >= 4 is 11.7 Å². The zero-order chi connectivity index (χ0) is 30.2. The molecule has 9 heteroatoms. The number of carbonyl (C=O) groups excluding carboxylic acids is 2. The summed E-state index contributed by atoms with van der Waals surface area (Å²) in [5.74, 6) is -7.08. The molecule has 0 aromatic heterocycles. The van der Waals surface area contributed by atoms with Crippen LogP contribution in [0.5, 0.6) is 0 Å². The van der Waals surface area contributed by atoms with Gasteiger partial charge in [-0.1, -0.05) is 48.9 Å². The van der Waals surface area contributed by atoms with Gasteiger partial charge in [0.25, 0.3) is 0 Å². The van der Waals surface area contributed by atoms with Crippen LogP contribution in [0.15, 0.2) is 71.3 Å². The highest BCUT2D eigenvalue weighted by Gasteiger charge is 2.79. The number of nitrogens with two attached hydrogens (primary N) is 1. The molecule has 4 aliphatic rings. The number of halogens is 5. The molecule has 0 saturated heterocycles. The fourth-order valence-electron chi connectivity index (χ4n) is 8.45. The number of rotatable bonds is 4. The number of primary amides is 1. The lowest BCUT2D eigenvalue weighted by atomic mass is 9.50. The Bertz CT molecular complexity index is 1510. The smallest absolute Gasteiger partial charge is 0.383 e. The van der Waals surface area contributed by atoms with Crippen molar-refractivity contribution < 1.29 is 36.6 Å². The second kappa shape index (κ2) is 9.59. The third kappa shape index (κ3) is 4.10. The van der Waals surface area contributed by atoms with Crippen LogP contribution in [0.2, 0.25) is 0 Å². The fraction of sp³-hybridized carbons (Fsp3) is 0.455. The molecular weight excluding hydrogens is 553 g/mol. The molecule has 0 heterocycles. The van der Waals surface area contributed by atoms with Crippen LogP contribution in [0.25, 0.3) is 11.1 Å². The number of allylic oxidation sites excluding steroid dienone is 4. The SMILES string of the molecule is CC12CC(c3ccc(-c4ccc(C(N)=O)cc4)cc3)C3=C4CCC(=O)C=C4CCC3[C@@H]1CC[C@@]2(O)C(F)(F)C(F)(F)F. The molecule has 0 aliphatic heterocycles. The van der Waals surface area contributed by atoms with E-state index < -0.39 is 47.3 Å². The van der Waals surface area contributed by atoms with Crippen LogP contribution in [-0.4, -0.2) is 34.5 Å². The molecule has 5 atom stereocenters. The summed E-state index contributed by atoms with van der Waals surface area (Å²) in [6.07, 6.45) is -2.90. The van der Waals surface area contributed by atoms with E-state index >= 15 is 8.78 Å². The van der Waals surface area contributed by atoms with Gasteiger partial charge >= 0.3 is 12.1 Å². The summed E-state index contributed by atoms with van der Waals surface area (Å²) in [6, 6.07) is 14.2. The first-order valence-corrected chi connectivity index (χ1v) is 14.3. The van der Waals surface area contributed by atoms with Gasteiger partial charge in [0.15, 0.2) is 5.78 Å². The summed E-state index contributed by atoms with van der Waals surface area (Å²) >= 11 is 0. The van der Waals surface area contributed by atoms with E-state index in [1.807, 2.05) is 24.3 Å². The van der Waals surface area contributed by atoms with Gasteiger partial charge in [0.05, 0.1) is 0 Å². The summed E-state index contributed by atoms with van der Waals surface area (Å²) in [6.45, 7) is 1.42. The highest BCUT2D eigenvalue weighted by atomic mass is 19.4. The van der Waals surface area contributed by atoms with E-state index in [-0.39, 0.29) is 24.5 Å². The van der Waals surface area contributed by atoms with Crippen molar-refractivity contribution in [3.8, 4) is 11.1 Å². The zero-order valence-electron chi connectivity index (χ0n) is 23.1. The maximum atomic E-state index is 15.2. The molecular formula is C33H32F5NO3. The highest BCUT2D eigenvalue weighted by molar-refractivity contribution is 5.93. The summed E-state index contributed by atoms with van der Waals surface area (Å²) < 4.78 is 71.6. The van der Waals surface area contributed by atoms with E-state index in [1.165, 1.54) is 6.92 Å². The minimum Gasteiger partial charge on any atom is -0.383 e. The minimum atomic E-state index is -5.88. The van der Waals surface area contributed by atoms with Gasteiger partial charge in [0.1, 0.15) is 5.60 Å². The quantitative estimate of drug-likeness (QED) is 0.370. The summed E-state index contributed by atoms with van der Waals surface area (Å²) in [5, 5.41) is 11.4. The lowest BCUT2D eigenvalue weighted by molar-refractivity contribution is -0.362. The van der Waals surface area contributed by atoms with Gasteiger partial charge < -0.3 is 10.8 Å². The molecule has 2 fully saturated rings. The van der Waals surface area contributed by atoms with Gasteiger partial charge in [0.2, 0.25) is 5.91 Å². The number of amides is 1. The molecule has 0 spiro atoms. The van der Waals surface area contributed by atoms with Crippen molar-refractivity contribution in [1.29, 1.82) is 0 Å². The third-order valence-electron chi connectivity index (χ3n) is 10.6. The molecule has 2 saturated carbocycles. The molecule has 42 heavy (non-hydrogen) atoms. The molecule has 2 aromatic carbocycles. The number of fused-ring (bicyclic) bond motifs is 4. The lowest BCUT2D eigenvalue weighted by Crippen LogP contribution is -2.65. The number of hydrogen-bond acceptors (Lipinski definition) is 3. The Morgan fingerprint density at radius 1 is 0.929 bits per heavy atom. The van der Waals surface area contributed by atoms with Crippen molar-refractivity contribution in [1.82, 2.24) is 0 Å².